The van der Waals surface area contributed by atoms with Crippen LogP contribution in [0.1, 0.15) is 27.2 Å². The number of hydrogen-bond acceptors (Lipinski definition) is 6. The lowest BCUT2D eigenvalue weighted by atomic mass is 10.0. The van der Waals surface area contributed by atoms with E-state index in [1.807, 2.05) is 6.07 Å². The molecule has 0 spiro atoms. The van der Waals surface area contributed by atoms with Gasteiger partial charge in [0, 0.05) is 32.6 Å². The van der Waals surface area contributed by atoms with Gasteiger partial charge in [-0.3, -0.25) is 19.0 Å². The van der Waals surface area contributed by atoms with Gasteiger partial charge in [-0.15, -0.1) is 0 Å². The zero-order valence-corrected chi connectivity index (χ0v) is 27.9. The molecule has 5 aromatic rings. The Kier molecular flexibility index (Phi) is 9.95. The predicted molar refractivity (Wildman–Crippen MR) is 180 cm³/mol. The maximum atomic E-state index is 13.7. The second-order valence-electron chi connectivity index (χ2n) is 10.5. The van der Waals surface area contributed by atoms with Gasteiger partial charge in [0.1, 0.15) is 11.8 Å². The van der Waals surface area contributed by atoms with Gasteiger partial charge in [0.2, 0.25) is 5.91 Å². The zero-order chi connectivity index (χ0) is 33.0. The number of sulfonamides is 1. The number of fused-ring (bicyclic) bond motifs is 1. The molecule has 0 bridgehead atoms. The molecule has 5 rings (SSSR count). The molecule has 12 heteroatoms. The number of nitrogens with zero attached hydrogens (tertiary/aromatic N) is 1. The van der Waals surface area contributed by atoms with Crippen molar-refractivity contribution in [3.8, 4) is 5.75 Å². The fourth-order valence-electron chi connectivity index (χ4n) is 5.14. The number of aromatic nitrogens is 1. The van der Waals surface area contributed by atoms with E-state index in [9.17, 15) is 22.8 Å². The highest BCUT2D eigenvalue weighted by molar-refractivity contribution is 9.10. The van der Waals surface area contributed by atoms with Crippen LogP contribution in [0.5, 0.6) is 5.75 Å². The monoisotopic (exact) mass is 721 g/mol. The topological polar surface area (TPSA) is 124 Å². The van der Waals surface area contributed by atoms with Crippen LogP contribution in [0, 0.1) is 6.92 Å². The summed E-state index contributed by atoms with van der Waals surface area (Å²) >= 11 is 9.30. The molecule has 0 saturated carbocycles. The lowest BCUT2D eigenvalue weighted by molar-refractivity contribution is -0.127. The molecule has 0 aliphatic rings. The van der Waals surface area contributed by atoms with E-state index in [-0.39, 0.29) is 23.6 Å². The van der Waals surface area contributed by atoms with E-state index < -0.39 is 27.9 Å². The Morgan fingerprint density at radius 2 is 1.61 bits per heavy atom. The molecule has 0 aliphatic carbocycles. The maximum Gasteiger partial charge on any atom is 0.264 e. The van der Waals surface area contributed by atoms with Crippen LogP contribution >= 0.6 is 27.5 Å². The summed E-state index contributed by atoms with van der Waals surface area (Å²) in [6.45, 7) is 1.74. The molecule has 46 heavy (non-hydrogen) atoms. The summed E-state index contributed by atoms with van der Waals surface area (Å²) in [5.74, 6) is -1.21. The van der Waals surface area contributed by atoms with E-state index >= 15 is 0 Å². The van der Waals surface area contributed by atoms with E-state index in [2.05, 4.69) is 26.0 Å². The van der Waals surface area contributed by atoms with Crippen molar-refractivity contribution in [1.82, 2.24) is 14.6 Å². The Labute approximate surface area is 279 Å². The van der Waals surface area contributed by atoms with Crippen LogP contribution in [-0.2, 0) is 32.5 Å². The van der Waals surface area contributed by atoms with E-state index in [1.165, 1.54) is 23.8 Å². The molecular formula is C34H29BrClN3O6S. The molecule has 1 heterocycles. The molecule has 1 aromatic heterocycles. The second-order valence-corrected chi connectivity index (χ2v) is 13.5. The lowest BCUT2D eigenvalue weighted by Crippen LogP contribution is -2.49. The van der Waals surface area contributed by atoms with Crippen LogP contribution in [0.4, 0.5) is 0 Å². The highest BCUT2D eigenvalue weighted by atomic mass is 79.9. The van der Waals surface area contributed by atoms with Crippen molar-refractivity contribution in [3.05, 3.63) is 129 Å². The molecule has 4 aromatic carbocycles. The molecule has 2 amide bonds. The number of methoxy groups -OCH3 is 1. The Bertz CT molecular complexity index is 2030. The summed E-state index contributed by atoms with van der Waals surface area (Å²) in [6.07, 6.45) is -0.160. The predicted octanol–water partition coefficient (Wildman–Crippen LogP) is 5.84. The summed E-state index contributed by atoms with van der Waals surface area (Å²) in [5, 5.41) is 3.84. The van der Waals surface area contributed by atoms with Crippen molar-refractivity contribution in [1.29, 1.82) is 0 Å². The van der Waals surface area contributed by atoms with Crippen LogP contribution in [-0.4, -0.2) is 43.9 Å². The van der Waals surface area contributed by atoms with Gasteiger partial charge >= 0.3 is 0 Å². The Hall–Kier alpha value is -4.45. The lowest BCUT2D eigenvalue weighted by Gasteiger charge is -2.19. The number of ether oxygens (including phenoxy) is 1. The third-order valence-corrected chi connectivity index (χ3v) is 9.61. The first kappa shape index (κ1) is 32.9. The zero-order valence-electron chi connectivity index (χ0n) is 24.8. The van der Waals surface area contributed by atoms with Gasteiger partial charge in [-0.1, -0.05) is 57.9 Å². The average molecular weight is 723 g/mol. The number of nitrogens with one attached hydrogen (secondary N) is 2. The summed E-state index contributed by atoms with van der Waals surface area (Å²) in [5.41, 5.74) is 2.77. The largest absolute Gasteiger partial charge is 0.497 e. The van der Waals surface area contributed by atoms with Crippen LogP contribution in [0.25, 0.3) is 10.9 Å². The number of amides is 2. The normalized spacial score (nSPS) is 12.0. The first-order valence-electron chi connectivity index (χ1n) is 14.1. The highest BCUT2D eigenvalue weighted by Crippen LogP contribution is 2.31. The van der Waals surface area contributed by atoms with Gasteiger partial charge in [-0.25, -0.2) is 13.1 Å². The van der Waals surface area contributed by atoms with Gasteiger partial charge in [0.25, 0.3) is 21.8 Å². The highest BCUT2D eigenvalue weighted by Gasteiger charge is 2.28. The van der Waals surface area contributed by atoms with Gasteiger partial charge in [0.15, 0.2) is 0 Å². The minimum atomic E-state index is -4.22. The first-order valence-corrected chi connectivity index (χ1v) is 16.8. The molecule has 0 fully saturated rings. The molecule has 0 aliphatic heterocycles. The van der Waals surface area contributed by atoms with Crippen LogP contribution in [0.15, 0.2) is 106 Å². The van der Waals surface area contributed by atoms with Gasteiger partial charge in [-0.2, -0.15) is 0 Å². The maximum absolute atomic E-state index is 13.7. The molecule has 9 nitrogen and oxygen atoms in total. The van der Waals surface area contributed by atoms with E-state index in [0.29, 0.717) is 43.0 Å². The van der Waals surface area contributed by atoms with Gasteiger partial charge < -0.3 is 10.1 Å². The first-order chi connectivity index (χ1) is 22.0. The smallest absolute Gasteiger partial charge is 0.264 e. The van der Waals surface area contributed by atoms with Crippen molar-refractivity contribution >= 4 is 66.2 Å². The standard InChI is InChI=1S/C34H29BrClN3O6S/c1-21-28(29-19-26(45-2)14-17-31(29)39(21)34(42)23-8-12-25(36)13-9-23)20-32(40)37-30(18-22-6-4-3-5-7-22)33(41)38-46(43,44)27-15-10-24(35)11-16-27/h3-17,19,30H,18,20H2,1-2H3,(H,37,40)(H,38,41)/t30-/m0/s1. The number of halogens is 2. The summed E-state index contributed by atoms with van der Waals surface area (Å²) < 4.78 is 35.8. The molecule has 0 radical (unpaired) electrons. The average Bonchev–Trinajstić information content (AvgIpc) is 3.30. The Morgan fingerprint density at radius 3 is 2.26 bits per heavy atom. The molecule has 1 atom stereocenters. The van der Waals surface area contributed by atoms with Gasteiger partial charge in [-0.05, 0) is 84.8 Å². The van der Waals surface area contributed by atoms with Crippen molar-refractivity contribution in [2.24, 2.45) is 0 Å². The number of carbonyl (C=O) groups is 3. The molecular weight excluding hydrogens is 694 g/mol. The van der Waals surface area contributed by atoms with Crippen LogP contribution in [0.2, 0.25) is 5.02 Å². The summed E-state index contributed by atoms with van der Waals surface area (Å²) in [7, 11) is -2.70. The minimum Gasteiger partial charge on any atom is -0.497 e. The van der Waals surface area contributed by atoms with E-state index in [4.69, 9.17) is 16.3 Å². The fourth-order valence-corrected chi connectivity index (χ4v) is 6.55. The number of carbonyl (C=O) groups excluding carboxylic acids is 3. The SMILES string of the molecule is COc1ccc2c(c1)c(CC(=O)N[C@@H](Cc1ccccc1)C(=O)NS(=O)(=O)c1ccc(Br)cc1)c(C)n2C(=O)c1ccc(Cl)cc1. The van der Waals surface area contributed by atoms with E-state index in [0.717, 1.165) is 5.56 Å². The van der Waals surface area contributed by atoms with Crippen molar-refractivity contribution in [3.63, 3.8) is 0 Å². The van der Waals surface area contributed by atoms with Gasteiger partial charge in [0.05, 0.1) is 23.9 Å². The fraction of sp³-hybridized carbons (Fsp3) is 0.147. The van der Waals surface area contributed by atoms with Crippen molar-refractivity contribution in [2.75, 3.05) is 7.11 Å². The molecule has 0 saturated heterocycles. The summed E-state index contributed by atoms with van der Waals surface area (Å²) in [6, 6.07) is 25.3. The third-order valence-electron chi connectivity index (χ3n) is 7.47. The van der Waals surface area contributed by atoms with Crippen molar-refractivity contribution in [2.45, 2.75) is 30.7 Å². The minimum absolute atomic E-state index is 0.0396. The third kappa shape index (κ3) is 7.33. The molecule has 236 valence electrons. The van der Waals surface area contributed by atoms with Crippen LogP contribution < -0.4 is 14.8 Å². The summed E-state index contributed by atoms with van der Waals surface area (Å²) in [4.78, 5) is 40.6. The second kappa shape index (κ2) is 13.9. The number of benzene rings is 4. The number of rotatable bonds is 10. The number of hydrogen-bond donors (Lipinski definition) is 2. The van der Waals surface area contributed by atoms with E-state index in [1.54, 1.807) is 85.8 Å². The Morgan fingerprint density at radius 1 is 0.935 bits per heavy atom. The van der Waals surface area contributed by atoms with Crippen molar-refractivity contribution < 1.29 is 27.5 Å². The quantitative estimate of drug-likeness (QED) is 0.187. The molecule has 2 N–H and O–H groups in total. The van der Waals surface area contributed by atoms with Crippen LogP contribution in [0.3, 0.4) is 0 Å². The molecule has 0 unspecified atom stereocenters. The Balaban J connectivity index is 1.46.